The molecule has 9 atom stereocenters. The number of nitrogens with one attached hydrogen (secondary N) is 1. The maximum absolute atomic E-state index is 14.4. The second-order valence-electron chi connectivity index (χ2n) is 16.5. The van der Waals surface area contributed by atoms with Gasteiger partial charge < -0.3 is 54.6 Å². The molecule has 3 heterocycles. The number of nitrogens with zero attached hydrogens (tertiary/aromatic N) is 1. The largest absolute Gasteiger partial charge is 0.507 e. The molecule has 2 aromatic carbocycles. The number of methoxy groups -OCH3 is 1. The van der Waals surface area contributed by atoms with E-state index in [2.05, 4.69) is 17.4 Å². The Morgan fingerprint density at radius 3 is 2.25 bits per heavy atom. The number of fused-ring (bicyclic) bond motifs is 14. The summed E-state index contributed by atoms with van der Waals surface area (Å²) in [7, 11) is 1.43. The smallest absolute Gasteiger partial charge is 0.312 e. The Hall–Kier alpha value is -5.12. The van der Waals surface area contributed by atoms with Crippen molar-refractivity contribution in [3.8, 4) is 23.0 Å². The molecule has 0 aromatic heterocycles. The number of rotatable bonds is 11. The number of Topliss-reactive ketones (excluding diaryl/α,β-unsaturated/α-hetero) is 1. The highest BCUT2D eigenvalue weighted by Crippen LogP contribution is 2.55. The number of aromatic hydroxyl groups is 3. The summed E-state index contributed by atoms with van der Waals surface area (Å²) in [5, 5.41) is 64.3. The number of amides is 1. The third-order valence-electron chi connectivity index (χ3n) is 11.9. The van der Waals surface area contributed by atoms with Crippen LogP contribution in [0.4, 0.5) is 5.69 Å². The summed E-state index contributed by atoms with van der Waals surface area (Å²) in [5.74, 6) is -8.55. The van der Waals surface area contributed by atoms with Crippen LogP contribution in [0.3, 0.4) is 0 Å². The van der Waals surface area contributed by atoms with Crippen molar-refractivity contribution in [1.82, 2.24) is 0 Å². The Labute approximate surface area is 358 Å². The molecule has 6 N–H and O–H groups in total. The molecule has 2 aromatic rings. The molecule has 0 radical (unpaired) electrons. The number of hydrogen-bond acceptors (Lipinski definition) is 14. The first-order valence-electron chi connectivity index (χ1n) is 21.1. The molecule has 3 aliphatic rings. The normalized spacial score (nSPS) is 29.5. The Morgan fingerprint density at radius 1 is 0.918 bits per heavy atom. The van der Waals surface area contributed by atoms with Crippen LogP contribution in [0.1, 0.15) is 115 Å². The molecule has 15 nitrogen and oxygen atoms in total. The quantitative estimate of drug-likeness (QED) is 0.0323. The first-order chi connectivity index (χ1) is 28.8. The summed E-state index contributed by atoms with van der Waals surface area (Å²) in [4.78, 5) is 45.9. The lowest BCUT2D eigenvalue weighted by Gasteiger charge is -2.38. The molecule has 61 heavy (non-hydrogen) atoms. The van der Waals surface area contributed by atoms with Gasteiger partial charge in [-0.1, -0.05) is 83.7 Å². The average Bonchev–Trinajstić information content (AvgIpc) is 3.49. The van der Waals surface area contributed by atoms with E-state index >= 15 is 0 Å². The molecule has 0 saturated heterocycles. The number of aliphatic hydroxyl groups excluding tert-OH is 2. The molecule has 15 heteroatoms. The highest BCUT2D eigenvalue weighted by Gasteiger charge is 2.50. The van der Waals surface area contributed by atoms with Crippen molar-refractivity contribution in [3.63, 3.8) is 0 Å². The SMILES string of the molecule is CCCCCCCCO/N=C/c1c2c(O)c3c(O)c(C)c4c(c3c1O)C(=O)C(C)(O/C=C\C(OC)C(C)C(OC(C)=O)C(C)C(O)C(C)C(O)C(C)/C=C\C=C(\C)C(=O)N2)O4. The van der Waals surface area contributed by atoms with Gasteiger partial charge in [-0.15, -0.1) is 0 Å². The van der Waals surface area contributed by atoms with E-state index in [1.165, 1.54) is 53.2 Å². The zero-order valence-corrected chi connectivity index (χ0v) is 37.0. The van der Waals surface area contributed by atoms with Crippen molar-refractivity contribution in [2.75, 3.05) is 19.0 Å². The topological polar surface area (TPSA) is 223 Å². The second kappa shape index (κ2) is 21.1. The molecule has 5 rings (SSSR count). The number of allylic oxidation sites excluding steroid dienone is 2. The first kappa shape index (κ1) is 48.5. The van der Waals surface area contributed by atoms with Crippen molar-refractivity contribution in [1.29, 1.82) is 0 Å². The van der Waals surface area contributed by atoms with Crippen LogP contribution in [0.5, 0.6) is 23.0 Å². The number of phenolic OH excluding ortho intramolecular Hbond substituents is 3. The minimum atomic E-state index is -2.06. The zero-order chi connectivity index (χ0) is 45.3. The number of carbonyl (C=O) groups excluding carboxylic acids is 3. The number of benzene rings is 2. The van der Waals surface area contributed by atoms with Crippen LogP contribution in [0.25, 0.3) is 10.8 Å². The van der Waals surface area contributed by atoms with Crippen LogP contribution in [-0.4, -0.2) is 93.3 Å². The van der Waals surface area contributed by atoms with E-state index in [0.29, 0.717) is 0 Å². The lowest BCUT2D eigenvalue weighted by Crippen LogP contribution is -2.46. The van der Waals surface area contributed by atoms with Gasteiger partial charge in [-0.2, -0.15) is 0 Å². The fourth-order valence-electron chi connectivity index (χ4n) is 7.96. The summed E-state index contributed by atoms with van der Waals surface area (Å²) in [6.07, 6.45) is 10.7. The van der Waals surface area contributed by atoms with E-state index in [-0.39, 0.29) is 51.1 Å². The Bertz CT molecular complexity index is 2040. The van der Waals surface area contributed by atoms with E-state index < -0.39 is 88.8 Å². The Morgan fingerprint density at radius 2 is 1.59 bits per heavy atom. The molecular formula is C46H64N2O13. The molecule has 0 spiro atoms. The number of oxime groups is 1. The van der Waals surface area contributed by atoms with E-state index in [9.17, 15) is 39.9 Å². The number of ether oxygens (including phenoxy) is 4. The highest BCUT2D eigenvalue weighted by atomic mass is 16.7. The lowest BCUT2D eigenvalue weighted by molar-refractivity contribution is -0.160. The van der Waals surface area contributed by atoms with E-state index in [1.54, 1.807) is 39.8 Å². The van der Waals surface area contributed by atoms with Gasteiger partial charge >= 0.3 is 11.8 Å². The van der Waals surface area contributed by atoms with Crippen molar-refractivity contribution < 1.29 is 63.7 Å². The van der Waals surface area contributed by atoms with Gasteiger partial charge in [0, 0.05) is 61.2 Å². The standard InChI is InChI=1S/C46H64N2O13/c1-11-12-13-14-15-16-21-59-47-23-31-36-41(54)34-33(40(31)53)35-43(29(7)39(34)52)61-46(9,44(35)55)58-22-20-32(57-10)26(4)42(60-30(8)49)28(6)38(51)27(5)37(50)24(2)18-17-19-25(3)45(56)48-36/h17-20,22-24,26-28,32,37-38,42,50-54H,11-16,21H2,1-10H3,(H,48,56)/b18-17-,22-20-,25-19-,47-23+. The van der Waals surface area contributed by atoms with Crippen LogP contribution in [0.15, 0.2) is 41.3 Å². The number of anilines is 1. The average molecular weight is 853 g/mol. The predicted molar refractivity (Wildman–Crippen MR) is 231 cm³/mol. The molecular weight excluding hydrogens is 789 g/mol. The lowest BCUT2D eigenvalue weighted by atomic mass is 9.78. The summed E-state index contributed by atoms with van der Waals surface area (Å²) in [5.41, 5.74) is -0.543. The summed E-state index contributed by atoms with van der Waals surface area (Å²) in [6.45, 7) is 14.9. The number of esters is 1. The molecule has 336 valence electrons. The van der Waals surface area contributed by atoms with Crippen LogP contribution < -0.4 is 10.1 Å². The van der Waals surface area contributed by atoms with Gasteiger partial charge in [0.1, 0.15) is 30.0 Å². The van der Waals surface area contributed by atoms with Gasteiger partial charge in [0.15, 0.2) is 5.75 Å². The van der Waals surface area contributed by atoms with Crippen molar-refractivity contribution >= 4 is 40.3 Å². The highest BCUT2D eigenvalue weighted by molar-refractivity contribution is 6.23. The van der Waals surface area contributed by atoms with E-state index in [4.69, 9.17) is 23.8 Å². The van der Waals surface area contributed by atoms with Gasteiger partial charge in [-0.3, -0.25) is 14.4 Å². The number of carbonyl (C=O) groups is 3. The first-order valence-corrected chi connectivity index (χ1v) is 21.1. The fourth-order valence-corrected chi connectivity index (χ4v) is 7.96. The van der Waals surface area contributed by atoms with Crippen LogP contribution in [0.2, 0.25) is 0 Å². The van der Waals surface area contributed by atoms with Gasteiger partial charge in [-0.05, 0) is 32.8 Å². The van der Waals surface area contributed by atoms with Gasteiger partial charge in [0.25, 0.3) is 11.7 Å². The second-order valence-corrected chi connectivity index (χ2v) is 16.5. The predicted octanol–water partition coefficient (Wildman–Crippen LogP) is 7.47. The van der Waals surface area contributed by atoms with Gasteiger partial charge in [0.05, 0.1) is 53.0 Å². The molecule has 5 bridgehead atoms. The minimum absolute atomic E-state index is 0.0419. The van der Waals surface area contributed by atoms with Crippen LogP contribution in [-0.2, 0) is 28.6 Å². The number of ketones is 1. The summed E-state index contributed by atoms with van der Waals surface area (Å²) >= 11 is 0. The summed E-state index contributed by atoms with van der Waals surface area (Å²) < 4.78 is 23.6. The molecule has 1 amide bonds. The third kappa shape index (κ3) is 10.7. The third-order valence-corrected chi connectivity index (χ3v) is 11.9. The maximum atomic E-state index is 14.4. The molecule has 0 aliphatic carbocycles. The summed E-state index contributed by atoms with van der Waals surface area (Å²) in [6, 6.07) is 0. The maximum Gasteiger partial charge on any atom is 0.312 e. The van der Waals surface area contributed by atoms with Crippen LogP contribution in [0, 0.1) is 30.6 Å². The van der Waals surface area contributed by atoms with E-state index in [1.807, 2.05) is 0 Å². The number of hydrogen-bond donors (Lipinski definition) is 6. The molecule has 9 unspecified atom stereocenters. The monoisotopic (exact) mass is 852 g/mol. The fraction of sp³-hybridized carbons (Fsp3) is 0.565. The zero-order valence-electron chi connectivity index (χ0n) is 37.0. The molecule has 0 fully saturated rings. The van der Waals surface area contributed by atoms with Gasteiger partial charge in [-0.25, -0.2) is 0 Å². The van der Waals surface area contributed by atoms with Crippen molar-refractivity contribution in [3.05, 3.63) is 52.8 Å². The van der Waals surface area contributed by atoms with E-state index in [0.717, 1.165) is 44.7 Å². The Balaban J connectivity index is 1.90. The Kier molecular flexibility index (Phi) is 16.8. The number of aliphatic hydroxyl groups is 2. The van der Waals surface area contributed by atoms with Crippen molar-refractivity contribution in [2.45, 2.75) is 131 Å². The number of phenols is 3. The minimum Gasteiger partial charge on any atom is -0.507 e. The molecule has 3 aliphatic heterocycles. The van der Waals surface area contributed by atoms with Crippen LogP contribution >= 0.6 is 0 Å². The van der Waals surface area contributed by atoms with Crippen molar-refractivity contribution in [2.24, 2.45) is 28.8 Å². The number of unbranched alkanes of at least 4 members (excludes halogenated alkanes) is 5. The molecule has 0 saturated carbocycles. The van der Waals surface area contributed by atoms with Gasteiger partial charge in [0.2, 0.25) is 0 Å².